The fraction of sp³-hybridized carbons (Fsp3) is 0.400. The first kappa shape index (κ1) is 13.8. The molecule has 0 radical (unpaired) electrons. The van der Waals surface area contributed by atoms with Crippen LogP contribution < -0.4 is 4.74 Å². The van der Waals surface area contributed by atoms with Crippen molar-refractivity contribution in [3.63, 3.8) is 0 Å². The highest BCUT2D eigenvalue weighted by Crippen LogP contribution is 2.25. The van der Waals surface area contributed by atoms with Crippen molar-refractivity contribution in [1.82, 2.24) is 0 Å². The molecular formula is C10H12BrClO3S. The molecule has 90 valence electrons. The molecule has 0 aliphatic heterocycles. The van der Waals surface area contributed by atoms with Crippen LogP contribution in [0.15, 0.2) is 22.7 Å². The average molecular weight is 328 g/mol. The molecule has 0 aromatic heterocycles. The zero-order chi connectivity index (χ0) is 12.2. The standard InChI is InChI=1S/C10H12BrClO3S/c1-8-3-4-9(11)10(7-8)15-5-2-6-16(12,13)14/h3-4,7H,2,5-6H2,1H3. The van der Waals surface area contributed by atoms with Gasteiger partial charge in [-0.05, 0) is 47.0 Å². The third-order valence-electron chi connectivity index (χ3n) is 1.88. The summed E-state index contributed by atoms with van der Waals surface area (Å²) in [4.78, 5) is 0. The molecule has 16 heavy (non-hydrogen) atoms. The Hall–Kier alpha value is -0.260. The van der Waals surface area contributed by atoms with E-state index in [4.69, 9.17) is 15.4 Å². The molecule has 1 aromatic carbocycles. The molecule has 0 amide bonds. The molecule has 0 unspecified atom stereocenters. The largest absolute Gasteiger partial charge is 0.492 e. The third kappa shape index (κ3) is 5.18. The molecule has 0 heterocycles. The van der Waals surface area contributed by atoms with E-state index in [-0.39, 0.29) is 5.75 Å². The van der Waals surface area contributed by atoms with E-state index < -0.39 is 9.05 Å². The highest BCUT2D eigenvalue weighted by atomic mass is 79.9. The number of aryl methyl sites for hydroxylation is 1. The first-order valence-corrected chi connectivity index (χ1v) is 7.97. The van der Waals surface area contributed by atoms with Crippen molar-refractivity contribution in [1.29, 1.82) is 0 Å². The fourth-order valence-corrected chi connectivity index (χ4v) is 2.29. The summed E-state index contributed by atoms with van der Waals surface area (Å²) in [6, 6.07) is 5.74. The van der Waals surface area contributed by atoms with E-state index >= 15 is 0 Å². The summed E-state index contributed by atoms with van der Waals surface area (Å²) >= 11 is 3.35. The normalized spacial score (nSPS) is 11.4. The Morgan fingerprint density at radius 3 is 2.75 bits per heavy atom. The lowest BCUT2D eigenvalue weighted by atomic mass is 10.2. The van der Waals surface area contributed by atoms with Crippen LogP contribution in [0, 0.1) is 6.92 Å². The lowest BCUT2D eigenvalue weighted by Gasteiger charge is -2.08. The minimum Gasteiger partial charge on any atom is -0.492 e. The quantitative estimate of drug-likeness (QED) is 0.616. The van der Waals surface area contributed by atoms with E-state index in [1.807, 2.05) is 25.1 Å². The maximum atomic E-state index is 10.7. The predicted molar refractivity (Wildman–Crippen MR) is 68.6 cm³/mol. The summed E-state index contributed by atoms with van der Waals surface area (Å²) in [6.45, 7) is 2.29. The van der Waals surface area contributed by atoms with E-state index in [1.54, 1.807) is 0 Å². The highest BCUT2D eigenvalue weighted by molar-refractivity contribution is 9.10. The first-order valence-electron chi connectivity index (χ1n) is 4.70. The molecule has 1 aromatic rings. The number of rotatable bonds is 5. The van der Waals surface area contributed by atoms with Crippen LogP contribution >= 0.6 is 26.6 Å². The van der Waals surface area contributed by atoms with E-state index in [9.17, 15) is 8.42 Å². The average Bonchev–Trinajstić information content (AvgIpc) is 2.16. The topological polar surface area (TPSA) is 43.4 Å². The van der Waals surface area contributed by atoms with Crippen molar-refractivity contribution in [3.8, 4) is 5.75 Å². The Morgan fingerprint density at radius 2 is 2.12 bits per heavy atom. The van der Waals surface area contributed by atoms with Gasteiger partial charge in [0, 0.05) is 10.7 Å². The molecule has 0 saturated carbocycles. The van der Waals surface area contributed by atoms with Crippen molar-refractivity contribution in [2.45, 2.75) is 13.3 Å². The van der Waals surface area contributed by atoms with Gasteiger partial charge < -0.3 is 4.74 Å². The number of hydrogen-bond acceptors (Lipinski definition) is 3. The van der Waals surface area contributed by atoms with Gasteiger partial charge in [-0.25, -0.2) is 8.42 Å². The van der Waals surface area contributed by atoms with Crippen molar-refractivity contribution < 1.29 is 13.2 Å². The number of hydrogen-bond donors (Lipinski definition) is 0. The van der Waals surface area contributed by atoms with Crippen LogP contribution in [-0.2, 0) is 9.05 Å². The first-order chi connectivity index (χ1) is 7.38. The molecule has 6 heteroatoms. The number of benzene rings is 1. The SMILES string of the molecule is Cc1ccc(Br)c(OCCCS(=O)(=O)Cl)c1. The second-order valence-corrected chi connectivity index (χ2v) is 7.13. The van der Waals surface area contributed by atoms with Gasteiger partial charge >= 0.3 is 0 Å². The van der Waals surface area contributed by atoms with Crippen molar-refractivity contribution in [3.05, 3.63) is 28.2 Å². The van der Waals surface area contributed by atoms with Crippen LogP contribution in [-0.4, -0.2) is 20.8 Å². The molecule has 0 spiro atoms. The van der Waals surface area contributed by atoms with Gasteiger partial charge in [0.15, 0.2) is 0 Å². The van der Waals surface area contributed by atoms with E-state index in [1.165, 1.54) is 0 Å². The van der Waals surface area contributed by atoms with Crippen molar-refractivity contribution in [2.75, 3.05) is 12.4 Å². The van der Waals surface area contributed by atoms with Gasteiger partial charge in [-0.2, -0.15) is 0 Å². The van der Waals surface area contributed by atoms with Crippen LogP contribution in [0.4, 0.5) is 0 Å². The predicted octanol–water partition coefficient (Wildman–Crippen LogP) is 3.10. The summed E-state index contributed by atoms with van der Waals surface area (Å²) in [6.07, 6.45) is 0.381. The lowest BCUT2D eigenvalue weighted by molar-refractivity contribution is 0.316. The number of ether oxygens (including phenoxy) is 1. The molecule has 0 aliphatic rings. The minimum atomic E-state index is -3.42. The molecule has 0 aliphatic carbocycles. The lowest BCUT2D eigenvalue weighted by Crippen LogP contribution is -2.05. The fourth-order valence-electron chi connectivity index (χ4n) is 1.13. The Labute approximate surface area is 108 Å². The molecular weight excluding hydrogens is 316 g/mol. The maximum Gasteiger partial charge on any atom is 0.232 e. The smallest absolute Gasteiger partial charge is 0.232 e. The summed E-state index contributed by atoms with van der Waals surface area (Å²) in [5.41, 5.74) is 1.09. The van der Waals surface area contributed by atoms with Gasteiger partial charge in [-0.3, -0.25) is 0 Å². The summed E-state index contributed by atoms with van der Waals surface area (Å²) < 4.78 is 27.6. The Kier molecular flexibility index (Phi) is 5.08. The van der Waals surface area contributed by atoms with Crippen LogP contribution in [0.3, 0.4) is 0 Å². The van der Waals surface area contributed by atoms with Crippen LogP contribution in [0.2, 0.25) is 0 Å². The Bertz CT molecular complexity index is 459. The van der Waals surface area contributed by atoms with Gasteiger partial charge in [0.05, 0.1) is 16.8 Å². The monoisotopic (exact) mass is 326 g/mol. The zero-order valence-corrected chi connectivity index (χ0v) is 11.9. The molecule has 3 nitrogen and oxygen atoms in total. The van der Waals surface area contributed by atoms with Crippen molar-refractivity contribution in [2.24, 2.45) is 0 Å². The van der Waals surface area contributed by atoms with E-state index in [0.717, 1.165) is 10.0 Å². The van der Waals surface area contributed by atoms with Crippen LogP contribution in [0.25, 0.3) is 0 Å². The summed E-state index contributed by atoms with van der Waals surface area (Å²) in [5.74, 6) is 0.643. The molecule has 0 bridgehead atoms. The molecule has 0 fully saturated rings. The molecule has 0 atom stereocenters. The van der Waals surface area contributed by atoms with Crippen molar-refractivity contribution >= 4 is 35.7 Å². The van der Waals surface area contributed by atoms with Crippen LogP contribution in [0.5, 0.6) is 5.75 Å². The highest BCUT2D eigenvalue weighted by Gasteiger charge is 2.05. The zero-order valence-electron chi connectivity index (χ0n) is 8.74. The second kappa shape index (κ2) is 5.89. The molecule has 1 rings (SSSR count). The van der Waals surface area contributed by atoms with E-state index in [2.05, 4.69) is 15.9 Å². The van der Waals surface area contributed by atoms with Gasteiger partial charge in [-0.15, -0.1) is 0 Å². The Morgan fingerprint density at radius 1 is 1.44 bits per heavy atom. The summed E-state index contributed by atoms with van der Waals surface area (Å²) in [5, 5.41) is 0. The molecule has 0 N–H and O–H groups in total. The van der Waals surface area contributed by atoms with Gasteiger partial charge in [-0.1, -0.05) is 6.07 Å². The minimum absolute atomic E-state index is 0.0714. The van der Waals surface area contributed by atoms with E-state index in [0.29, 0.717) is 18.8 Å². The van der Waals surface area contributed by atoms with Crippen LogP contribution in [0.1, 0.15) is 12.0 Å². The van der Waals surface area contributed by atoms with Gasteiger partial charge in [0.2, 0.25) is 9.05 Å². The van der Waals surface area contributed by atoms with Gasteiger partial charge in [0.1, 0.15) is 5.75 Å². The summed E-state index contributed by atoms with van der Waals surface area (Å²) in [7, 11) is 1.66. The third-order valence-corrected chi connectivity index (χ3v) is 3.77. The number of halogens is 2. The second-order valence-electron chi connectivity index (χ2n) is 3.38. The maximum absolute atomic E-state index is 10.7. The molecule has 0 saturated heterocycles. The van der Waals surface area contributed by atoms with Gasteiger partial charge in [0.25, 0.3) is 0 Å². The Balaban J connectivity index is 2.46.